The van der Waals surface area contributed by atoms with Gasteiger partial charge in [-0.15, -0.1) is 0 Å². The normalized spacial score (nSPS) is 24.4. The van der Waals surface area contributed by atoms with Gasteiger partial charge in [0.1, 0.15) is 11.2 Å². The third-order valence-corrected chi connectivity index (χ3v) is 2.93. The average Bonchev–Trinajstić information content (AvgIpc) is 2.58. The first-order valence-electron chi connectivity index (χ1n) is 5.35. The molecule has 0 saturated heterocycles. The van der Waals surface area contributed by atoms with E-state index in [4.69, 9.17) is 4.74 Å². The van der Waals surface area contributed by atoms with Gasteiger partial charge < -0.3 is 4.74 Å². The van der Waals surface area contributed by atoms with Gasteiger partial charge in [0.05, 0.1) is 6.61 Å². The van der Waals surface area contributed by atoms with Gasteiger partial charge in [0.15, 0.2) is 0 Å². The molecule has 0 aromatic heterocycles. The van der Waals surface area contributed by atoms with Crippen molar-refractivity contribution in [2.45, 2.75) is 32.6 Å². The minimum absolute atomic E-state index is 0.0440. The number of ether oxygens (including phenoxy) is 1. The number of rotatable bonds is 5. The second kappa shape index (κ2) is 5.05. The topological polar surface area (TPSA) is 86.5 Å². The molecular weight excluding hydrogens is 214 g/mol. The molecule has 0 unspecified atom stereocenters. The number of carbonyl (C=O) groups is 2. The highest BCUT2D eigenvalue weighted by Crippen LogP contribution is 2.39. The molecule has 6 nitrogen and oxygen atoms in total. The van der Waals surface area contributed by atoms with Crippen LogP contribution in [0.1, 0.15) is 32.6 Å². The van der Waals surface area contributed by atoms with Gasteiger partial charge in [-0.2, -0.15) is 0 Å². The van der Waals surface area contributed by atoms with Crippen LogP contribution >= 0.6 is 0 Å². The fourth-order valence-electron chi connectivity index (χ4n) is 2.06. The van der Waals surface area contributed by atoms with Gasteiger partial charge in [-0.05, 0) is 19.8 Å². The molecule has 0 aliphatic heterocycles. The lowest BCUT2D eigenvalue weighted by molar-refractivity contribution is -0.482. The number of hydrogen-bond acceptors (Lipinski definition) is 5. The summed E-state index contributed by atoms with van der Waals surface area (Å²) in [4.78, 5) is 33.2. The second-order valence-electron chi connectivity index (χ2n) is 3.89. The Morgan fingerprint density at radius 3 is 2.75 bits per heavy atom. The summed E-state index contributed by atoms with van der Waals surface area (Å²) in [5.74, 6) is -0.813. The van der Waals surface area contributed by atoms with Gasteiger partial charge in [-0.1, -0.05) is 0 Å². The zero-order valence-electron chi connectivity index (χ0n) is 9.23. The van der Waals surface area contributed by atoms with Crippen LogP contribution in [0.4, 0.5) is 0 Å². The molecule has 0 bridgehead atoms. The fraction of sp³-hybridized carbons (Fsp3) is 0.800. The van der Waals surface area contributed by atoms with Crippen LogP contribution in [0.15, 0.2) is 0 Å². The van der Waals surface area contributed by atoms with Gasteiger partial charge in [0, 0.05) is 17.8 Å². The number of hydrogen-bond donors (Lipinski definition) is 0. The van der Waals surface area contributed by atoms with Crippen molar-refractivity contribution in [1.82, 2.24) is 0 Å². The molecule has 0 heterocycles. The number of Topliss-reactive ketones (excluding diaryl/α,β-unsaturated/α-hetero) is 1. The highest BCUT2D eigenvalue weighted by atomic mass is 16.6. The molecule has 90 valence electrons. The summed E-state index contributed by atoms with van der Waals surface area (Å²) in [5, 5.41) is 10.3. The van der Waals surface area contributed by atoms with Gasteiger partial charge in [0.25, 0.3) is 0 Å². The van der Waals surface area contributed by atoms with Gasteiger partial charge in [-0.3, -0.25) is 19.7 Å². The van der Waals surface area contributed by atoms with Crippen molar-refractivity contribution in [3.05, 3.63) is 10.1 Å². The lowest BCUT2D eigenvalue weighted by Gasteiger charge is -2.22. The molecule has 0 aromatic rings. The van der Waals surface area contributed by atoms with E-state index in [1.165, 1.54) is 0 Å². The predicted molar refractivity (Wildman–Crippen MR) is 54.4 cm³/mol. The van der Waals surface area contributed by atoms with Crippen molar-refractivity contribution in [3.63, 3.8) is 0 Å². The van der Waals surface area contributed by atoms with E-state index in [0.29, 0.717) is 19.3 Å². The molecule has 1 fully saturated rings. The smallest absolute Gasteiger partial charge is 0.319 e. The highest BCUT2D eigenvalue weighted by Gasteiger charge is 2.50. The summed E-state index contributed by atoms with van der Waals surface area (Å²) in [6.07, 6.45) is 1.25. The van der Waals surface area contributed by atoms with E-state index in [0.717, 1.165) is 0 Å². The van der Waals surface area contributed by atoms with E-state index in [9.17, 15) is 19.7 Å². The number of ketones is 1. The van der Waals surface area contributed by atoms with Crippen LogP contribution in [-0.4, -0.2) is 29.8 Å². The van der Waals surface area contributed by atoms with Crippen molar-refractivity contribution in [1.29, 1.82) is 0 Å². The molecule has 6 heteroatoms. The zero-order valence-corrected chi connectivity index (χ0v) is 9.23. The standard InChI is InChI=1S/C10H15NO5/c1-2-16-9(13)10(6-7-11(14)15)5-3-4-8(10)12/h2-7H2,1H3/t10-/m0/s1. The van der Waals surface area contributed by atoms with E-state index in [1.807, 2.05) is 0 Å². The Balaban J connectivity index is 2.80. The Morgan fingerprint density at radius 1 is 1.62 bits per heavy atom. The van der Waals surface area contributed by atoms with Crippen LogP contribution in [0.3, 0.4) is 0 Å². The quantitative estimate of drug-likeness (QED) is 0.303. The molecule has 0 spiro atoms. The summed E-state index contributed by atoms with van der Waals surface area (Å²) >= 11 is 0. The van der Waals surface area contributed by atoms with Crippen LogP contribution in [0.5, 0.6) is 0 Å². The Labute approximate surface area is 93.1 Å². The van der Waals surface area contributed by atoms with E-state index < -0.39 is 16.3 Å². The summed E-state index contributed by atoms with van der Waals surface area (Å²) in [6, 6.07) is 0. The summed E-state index contributed by atoms with van der Waals surface area (Å²) < 4.78 is 4.85. The van der Waals surface area contributed by atoms with Gasteiger partial charge in [0.2, 0.25) is 6.54 Å². The van der Waals surface area contributed by atoms with Gasteiger partial charge >= 0.3 is 5.97 Å². The fourth-order valence-corrected chi connectivity index (χ4v) is 2.06. The van der Waals surface area contributed by atoms with Crippen LogP contribution in [-0.2, 0) is 14.3 Å². The second-order valence-corrected chi connectivity index (χ2v) is 3.89. The van der Waals surface area contributed by atoms with Crippen LogP contribution < -0.4 is 0 Å². The molecule has 1 atom stereocenters. The maximum absolute atomic E-state index is 11.7. The highest BCUT2D eigenvalue weighted by molar-refractivity contribution is 6.05. The first-order valence-corrected chi connectivity index (χ1v) is 5.35. The van der Waals surface area contributed by atoms with Crippen molar-refractivity contribution < 1.29 is 19.2 Å². The largest absolute Gasteiger partial charge is 0.465 e. The predicted octanol–water partition coefficient (Wildman–Crippen LogP) is 0.956. The minimum atomic E-state index is -1.25. The van der Waals surface area contributed by atoms with Crippen molar-refractivity contribution >= 4 is 11.8 Å². The summed E-state index contributed by atoms with van der Waals surface area (Å²) in [7, 11) is 0. The number of nitrogens with zero attached hydrogens (tertiary/aromatic N) is 1. The maximum Gasteiger partial charge on any atom is 0.319 e. The van der Waals surface area contributed by atoms with Crippen LogP contribution in [0.25, 0.3) is 0 Å². The molecule has 1 aliphatic carbocycles. The third kappa shape index (κ3) is 2.37. The summed E-state index contributed by atoms with van der Waals surface area (Å²) in [6.45, 7) is 1.47. The first-order chi connectivity index (χ1) is 7.53. The Morgan fingerprint density at radius 2 is 2.31 bits per heavy atom. The SMILES string of the molecule is CCOC(=O)[C@]1(CC[N+](=O)[O-])CCCC1=O. The summed E-state index contributed by atoms with van der Waals surface area (Å²) in [5.41, 5.74) is -1.25. The maximum atomic E-state index is 11.7. The van der Waals surface area contributed by atoms with Crippen LogP contribution in [0, 0.1) is 15.5 Å². The first kappa shape index (κ1) is 12.6. The lowest BCUT2D eigenvalue weighted by Crippen LogP contribution is -2.38. The lowest BCUT2D eigenvalue weighted by atomic mass is 9.82. The Bertz CT molecular complexity index is 314. The minimum Gasteiger partial charge on any atom is -0.465 e. The molecule has 0 radical (unpaired) electrons. The van der Waals surface area contributed by atoms with E-state index >= 15 is 0 Å². The molecule has 0 N–H and O–H groups in total. The van der Waals surface area contributed by atoms with Crippen molar-refractivity contribution in [2.75, 3.05) is 13.2 Å². The molecule has 0 aromatic carbocycles. The number of esters is 1. The van der Waals surface area contributed by atoms with Gasteiger partial charge in [-0.25, -0.2) is 0 Å². The van der Waals surface area contributed by atoms with Crippen LogP contribution in [0.2, 0.25) is 0 Å². The Kier molecular flexibility index (Phi) is 3.98. The number of nitro groups is 1. The monoisotopic (exact) mass is 229 g/mol. The zero-order chi connectivity index (χ0) is 12.2. The third-order valence-electron chi connectivity index (χ3n) is 2.93. The Hall–Kier alpha value is -1.46. The van der Waals surface area contributed by atoms with Crippen molar-refractivity contribution in [3.8, 4) is 0 Å². The molecule has 0 amide bonds. The van der Waals surface area contributed by atoms with E-state index in [1.54, 1.807) is 6.92 Å². The van der Waals surface area contributed by atoms with Crippen molar-refractivity contribution in [2.24, 2.45) is 5.41 Å². The number of carbonyl (C=O) groups excluding carboxylic acids is 2. The molecule has 1 rings (SSSR count). The molecule has 1 aliphatic rings. The van der Waals surface area contributed by atoms with E-state index in [2.05, 4.69) is 0 Å². The van der Waals surface area contributed by atoms with E-state index in [-0.39, 0.29) is 25.4 Å². The molecular formula is C10H15NO5. The molecule has 16 heavy (non-hydrogen) atoms. The average molecular weight is 229 g/mol. The molecule has 1 saturated carbocycles.